The van der Waals surface area contributed by atoms with Crippen LogP contribution in [0.2, 0.25) is 0 Å². The van der Waals surface area contributed by atoms with Crippen molar-refractivity contribution in [1.82, 2.24) is 0 Å². The maximum absolute atomic E-state index is 8.26. The van der Waals surface area contributed by atoms with E-state index in [1.807, 2.05) is 0 Å². The summed E-state index contributed by atoms with van der Waals surface area (Å²) in [7, 11) is 0. The topological polar surface area (TPSA) is 22.9 Å². The molecule has 0 saturated carbocycles. The van der Waals surface area contributed by atoms with Gasteiger partial charge in [0, 0.05) is 0 Å². The molecular weight excluding hydrogens is 184 g/mol. The molecule has 1 aromatic carbocycles. The van der Waals surface area contributed by atoms with E-state index >= 15 is 0 Å². The van der Waals surface area contributed by atoms with Crippen molar-refractivity contribution >= 4 is 0 Å². The lowest BCUT2D eigenvalue weighted by molar-refractivity contribution is 0.423. The zero-order valence-electron chi connectivity index (χ0n) is 10.7. The van der Waals surface area contributed by atoms with Crippen LogP contribution >= 0.6 is 0 Å². The monoisotopic (exact) mass is 207 g/mol. The van der Waals surface area contributed by atoms with E-state index in [1.54, 1.807) is 0 Å². The van der Waals surface area contributed by atoms with E-state index in [1.165, 1.54) is 0 Å². The van der Waals surface area contributed by atoms with Gasteiger partial charge < -0.3 is 5.11 Å². The van der Waals surface area contributed by atoms with Gasteiger partial charge in [-0.3, -0.25) is 0 Å². The van der Waals surface area contributed by atoms with Gasteiger partial charge in [-0.25, -0.2) is 0 Å². The minimum Gasteiger partial charge on any atom is -0.593 e. The van der Waals surface area contributed by atoms with Crippen LogP contribution in [0, 0.1) is 0 Å². The van der Waals surface area contributed by atoms with Gasteiger partial charge in [-0.05, 0) is 23.0 Å². The predicted molar refractivity (Wildman–Crippen MR) is 66.9 cm³/mol. The van der Waals surface area contributed by atoms with Gasteiger partial charge in [0.2, 0.25) is 0 Å². The number of para-hydroxylation sites is 1. The molecule has 15 heavy (non-hydrogen) atoms. The quantitative estimate of drug-likeness (QED) is 0.579. The summed E-state index contributed by atoms with van der Waals surface area (Å²) in [4.78, 5) is 0. The Morgan fingerprint density at radius 2 is 1.13 bits per heavy atom. The van der Waals surface area contributed by atoms with Crippen molar-refractivity contribution in [2.24, 2.45) is 0 Å². The normalized spacial score (nSPS) is 12.9. The number of rotatable bonds is 0. The average molecular weight is 207 g/mol. The van der Waals surface area contributed by atoms with Crippen LogP contribution in [0.25, 0.3) is 0 Å². The Morgan fingerprint density at radius 3 is 1.40 bits per heavy atom. The summed E-state index contributed by atoms with van der Waals surface area (Å²) in [5.41, 5.74) is 2.38. The first-order valence-electron chi connectivity index (χ1n) is 5.49. The Morgan fingerprint density at radius 1 is 0.800 bits per heavy atom. The number of hydrogen-bond donors (Lipinski definition) is 0. The molecule has 0 atom stereocenters. The second-order valence-corrected chi connectivity index (χ2v) is 6.23. The van der Waals surface area contributed by atoms with E-state index in [0.29, 0.717) is 5.75 Å². The second kappa shape index (κ2) is 3.55. The maximum atomic E-state index is 8.26. The molecule has 0 amide bonds. The van der Waals surface area contributed by atoms with Crippen molar-refractivity contribution in [2.75, 3.05) is 0 Å². The Hall–Kier alpha value is -0.980. The molecule has 0 aromatic heterocycles. The summed E-state index contributed by atoms with van der Waals surface area (Å²) in [6, 6.07) is 6.20. The van der Waals surface area contributed by atoms with Crippen LogP contribution in [-0.2, 0) is 10.8 Å². The molecule has 1 aromatic rings. The molecule has 1 heteroatoms. The summed E-state index contributed by atoms with van der Waals surface area (Å²) in [6.07, 6.45) is 0. The van der Waals surface area contributed by atoms with Gasteiger partial charge in [0.15, 0.2) is 0 Å². The third-order valence-corrected chi connectivity index (χ3v) is 2.68. The molecule has 0 heterocycles. The highest BCUT2D eigenvalue weighted by molar-refractivity contribution is 5.46. The first-order chi connectivity index (χ1) is 6.64. The molecule has 0 unspecified atom stereocenters. The molecule has 1 nitrogen and oxygen atoms in total. The second-order valence-electron chi connectivity index (χ2n) is 6.23. The van der Waals surface area contributed by atoms with Gasteiger partial charge in [0.1, 0.15) is 0 Å². The lowest BCUT2D eigenvalue weighted by atomic mass is 9.80. The van der Waals surface area contributed by atoms with Gasteiger partial charge >= 0.3 is 0 Å². The van der Waals surface area contributed by atoms with Crippen molar-refractivity contribution in [3.63, 3.8) is 0 Å². The minimum atomic E-state index is 0.0539. The highest BCUT2D eigenvalue weighted by Gasteiger charge is 2.27. The van der Waals surface area contributed by atoms with E-state index in [4.69, 9.17) is 5.11 Å². The van der Waals surface area contributed by atoms with Crippen molar-refractivity contribution in [3.8, 4) is 5.75 Å². The van der Waals surface area contributed by atoms with Crippen LogP contribution in [0.4, 0.5) is 0 Å². The van der Waals surface area contributed by atoms with Gasteiger partial charge in [-0.1, -0.05) is 47.6 Å². The maximum Gasteiger partial charge on any atom is 0.261 e. The fourth-order valence-corrected chi connectivity index (χ4v) is 1.80. The van der Waals surface area contributed by atoms with Crippen LogP contribution in [-0.4, -0.2) is 5.11 Å². The first kappa shape index (κ1) is 12.1. The summed E-state index contributed by atoms with van der Waals surface area (Å²) >= 11 is 0. The molecule has 0 saturated heterocycles. The lowest BCUT2D eigenvalue weighted by Crippen LogP contribution is -2.16. The summed E-state index contributed by atoms with van der Waals surface area (Å²) in [5.74, 6) is 0.706. The van der Waals surface area contributed by atoms with E-state index in [0.717, 1.165) is 11.1 Å². The molecule has 0 fully saturated rings. The van der Waals surface area contributed by atoms with Crippen LogP contribution in [0.1, 0.15) is 52.7 Å². The molecule has 0 aliphatic heterocycles. The number of hydrogen-bond acceptors (Lipinski definition) is 0. The van der Waals surface area contributed by atoms with Crippen molar-refractivity contribution in [2.45, 2.75) is 52.4 Å². The molecule has 0 bridgehead atoms. The van der Waals surface area contributed by atoms with Crippen LogP contribution in [0.3, 0.4) is 0 Å². The van der Waals surface area contributed by atoms with E-state index in [-0.39, 0.29) is 10.8 Å². The SMILES string of the molecule is CC(C)(C)c1cccc(C(C)(C)C)c1[OH2+]. The molecular formula is C14H23O+. The highest BCUT2D eigenvalue weighted by Crippen LogP contribution is 2.38. The summed E-state index contributed by atoms with van der Waals surface area (Å²) in [5, 5.41) is 8.26. The molecule has 2 N–H and O–H groups in total. The standard InChI is InChI=1S/C14H22O/c1-13(2,3)10-8-7-9-11(12(10)15)14(4,5)6/h7-9,15H,1-6H3/p+1. The largest absolute Gasteiger partial charge is 0.593 e. The Balaban J connectivity index is 3.37. The van der Waals surface area contributed by atoms with E-state index in [2.05, 4.69) is 59.7 Å². The van der Waals surface area contributed by atoms with E-state index in [9.17, 15) is 0 Å². The fraction of sp³-hybridized carbons (Fsp3) is 0.571. The van der Waals surface area contributed by atoms with Crippen LogP contribution < -0.4 is 0 Å². The number of benzene rings is 1. The molecule has 0 radical (unpaired) electrons. The Bertz CT molecular complexity index is 318. The van der Waals surface area contributed by atoms with Crippen molar-refractivity contribution < 1.29 is 5.11 Å². The molecule has 0 aliphatic carbocycles. The van der Waals surface area contributed by atoms with Crippen LogP contribution in [0.5, 0.6) is 5.75 Å². The average Bonchev–Trinajstić information content (AvgIpc) is 1.99. The highest BCUT2D eigenvalue weighted by atomic mass is 16.3. The fourth-order valence-electron chi connectivity index (χ4n) is 1.80. The molecule has 84 valence electrons. The molecule has 0 aliphatic rings. The zero-order chi connectivity index (χ0) is 11.9. The van der Waals surface area contributed by atoms with Gasteiger partial charge in [0.05, 0.1) is 11.1 Å². The zero-order valence-corrected chi connectivity index (χ0v) is 10.7. The van der Waals surface area contributed by atoms with Crippen molar-refractivity contribution in [3.05, 3.63) is 29.3 Å². The lowest BCUT2D eigenvalue weighted by Gasteiger charge is -2.24. The van der Waals surface area contributed by atoms with Gasteiger partial charge in [-0.2, -0.15) is 0 Å². The van der Waals surface area contributed by atoms with Crippen molar-refractivity contribution in [1.29, 1.82) is 0 Å². The summed E-state index contributed by atoms with van der Waals surface area (Å²) < 4.78 is 0. The Kier molecular flexibility index (Phi) is 2.86. The Labute approximate surface area is 93.1 Å². The van der Waals surface area contributed by atoms with E-state index < -0.39 is 0 Å². The van der Waals surface area contributed by atoms with Crippen LogP contribution in [0.15, 0.2) is 18.2 Å². The summed E-state index contributed by atoms with van der Waals surface area (Å²) in [6.45, 7) is 13.0. The molecule has 1 rings (SSSR count). The van der Waals surface area contributed by atoms with Gasteiger partial charge in [0.25, 0.3) is 5.75 Å². The first-order valence-corrected chi connectivity index (χ1v) is 5.49. The minimum absolute atomic E-state index is 0.0539. The smallest absolute Gasteiger partial charge is 0.261 e. The van der Waals surface area contributed by atoms with Gasteiger partial charge in [-0.15, -0.1) is 0 Å². The third kappa shape index (κ3) is 2.53. The molecule has 0 spiro atoms. The predicted octanol–water partition coefficient (Wildman–Crippen LogP) is 3.72. The third-order valence-electron chi connectivity index (χ3n) is 2.68.